The zero-order chi connectivity index (χ0) is 25.2. The van der Waals surface area contributed by atoms with E-state index in [1.54, 1.807) is 6.07 Å². The maximum atomic E-state index is 13.3. The van der Waals surface area contributed by atoms with Gasteiger partial charge in [0, 0.05) is 56.0 Å². The normalized spacial score (nSPS) is 19.5. The van der Waals surface area contributed by atoms with E-state index in [9.17, 15) is 13.2 Å². The molecular weight excluding hydrogens is 490 g/mol. The zero-order valence-electron chi connectivity index (χ0n) is 20.4. The summed E-state index contributed by atoms with van der Waals surface area (Å²) < 4.78 is 38.6. The molecule has 0 spiro atoms. The quantitative estimate of drug-likeness (QED) is 0.579. The van der Waals surface area contributed by atoms with Gasteiger partial charge in [0.05, 0.1) is 25.0 Å². The van der Waals surface area contributed by atoms with Gasteiger partial charge in [-0.3, -0.25) is 4.79 Å². The number of aryl methyl sites for hydroxylation is 1. The molecule has 4 rings (SSSR count). The highest BCUT2D eigenvalue weighted by molar-refractivity contribution is 7.89. The number of hydrogen-bond acceptors (Lipinski definition) is 6. The van der Waals surface area contributed by atoms with Crippen molar-refractivity contribution in [3.63, 3.8) is 0 Å². The van der Waals surface area contributed by atoms with Gasteiger partial charge >= 0.3 is 0 Å². The van der Waals surface area contributed by atoms with E-state index in [1.165, 1.54) is 30.7 Å². The highest BCUT2D eigenvalue weighted by Crippen LogP contribution is 2.32. The summed E-state index contributed by atoms with van der Waals surface area (Å²) in [5, 5.41) is 0.696. The average molecular weight is 522 g/mol. The Morgan fingerprint density at radius 3 is 2.37 bits per heavy atom. The van der Waals surface area contributed by atoms with E-state index in [0.717, 1.165) is 11.3 Å². The van der Waals surface area contributed by atoms with E-state index in [-0.39, 0.29) is 23.3 Å². The molecule has 2 aliphatic rings. The Kier molecular flexibility index (Phi) is 7.78. The van der Waals surface area contributed by atoms with Crippen molar-refractivity contribution in [1.82, 2.24) is 9.21 Å². The molecule has 0 aromatic heterocycles. The minimum atomic E-state index is -3.76. The number of sulfonamides is 1. The van der Waals surface area contributed by atoms with Crippen LogP contribution >= 0.6 is 11.6 Å². The van der Waals surface area contributed by atoms with Gasteiger partial charge in [0.1, 0.15) is 0 Å². The Labute approximate surface area is 212 Å². The predicted molar refractivity (Wildman–Crippen MR) is 136 cm³/mol. The van der Waals surface area contributed by atoms with Crippen molar-refractivity contribution in [2.75, 3.05) is 58.4 Å². The van der Waals surface area contributed by atoms with Gasteiger partial charge in [0.25, 0.3) is 0 Å². The lowest BCUT2D eigenvalue weighted by Crippen LogP contribution is -2.53. The van der Waals surface area contributed by atoms with Gasteiger partial charge in [0.15, 0.2) is 11.5 Å². The topological polar surface area (TPSA) is 79.4 Å². The Morgan fingerprint density at radius 1 is 0.971 bits per heavy atom. The third kappa shape index (κ3) is 5.37. The molecule has 1 atom stereocenters. The first-order valence-electron chi connectivity index (χ1n) is 11.8. The smallest absolute Gasteiger partial charge is 0.243 e. The maximum Gasteiger partial charge on any atom is 0.243 e. The number of anilines is 1. The molecule has 2 aromatic rings. The highest BCUT2D eigenvalue weighted by Gasteiger charge is 2.36. The fourth-order valence-corrected chi connectivity index (χ4v) is 6.54. The van der Waals surface area contributed by atoms with Gasteiger partial charge in [-0.05, 0) is 49.6 Å². The number of benzene rings is 2. The second kappa shape index (κ2) is 10.6. The van der Waals surface area contributed by atoms with Crippen LogP contribution in [0.25, 0.3) is 0 Å². The molecule has 35 heavy (non-hydrogen) atoms. The standard InChI is InChI=1S/C25H32ClN3O5S/c1-18-6-7-20(26)15-22(18)27-11-13-28(14-12-27)25(30)19-5-4-10-29(17-19)35(31,32)21-8-9-23(33-2)24(16-21)34-3/h6-9,15-16,19H,4-5,10-14,17H2,1-3H3/t19-/m0/s1. The van der Waals surface area contributed by atoms with E-state index in [2.05, 4.69) is 11.8 Å². The second-order valence-corrected chi connectivity index (χ2v) is 11.3. The number of carbonyl (C=O) groups excluding carboxylic acids is 1. The molecule has 8 nitrogen and oxygen atoms in total. The summed E-state index contributed by atoms with van der Waals surface area (Å²) in [6.45, 7) is 5.26. The minimum Gasteiger partial charge on any atom is -0.493 e. The molecule has 190 valence electrons. The predicted octanol–water partition coefficient (Wildman–Crippen LogP) is 3.42. The summed E-state index contributed by atoms with van der Waals surface area (Å²) in [4.78, 5) is 17.6. The first-order valence-corrected chi connectivity index (χ1v) is 13.6. The van der Waals surface area contributed by atoms with Crippen molar-refractivity contribution in [3.05, 3.63) is 47.0 Å². The number of halogens is 1. The van der Waals surface area contributed by atoms with Gasteiger partial charge in [-0.1, -0.05) is 17.7 Å². The molecule has 10 heteroatoms. The lowest BCUT2D eigenvalue weighted by Gasteiger charge is -2.40. The number of piperidine rings is 1. The summed E-state index contributed by atoms with van der Waals surface area (Å²) >= 11 is 6.19. The van der Waals surface area contributed by atoms with Crippen LogP contribution in [0.2, 0.25) is 5.02 Å². The fraction of sp³-hybridized carbons (Fsp3) is 0.480. The van der Waals surface area contributed by atoms with Crippen LogP contribution in [0.1, 0.15) is 18.4 Å². The van der Waals surface area contributed by atoms with Gasteiger partial charge in [-0.15, -0.1) is 0 Å². The number of nitrogens with zero attached hydrogens (tertiary/aromatic N) is 3. The zero-order valence-corrected chi connectivity index (χ0v) is 21.9. The molecule has 0 radical (unpaired) electrons. The molecule has 0 bridgehead atoms. The third-order valence-electron chi connectivity index (χ3n) is 6.83. The summed E-state index contributed by atoms with van der Waals surface area (Å²) in [5.41, 5.74) is 2.24. The first kappa shape index (κ1) is 25.6. The van der Waals surface area contributed by atoms with Crippen LogP contribution in [0.4, 0.5) is 5.69 Å². The van der Waals surface area contributed by atoms with Crippen LogP contribution in [0.3, 0.4) is 0 Å². The minimum absolute atomic E-state index is 0.0275. The molecule has 2 saturated heterocycles. The average Bonchev–Trinajstić information content (AvgIpc) is 2.89. The largest absolute Gasteiger partial charge is 0.493 e. The molecule has 2 aliphatic heterocycles. The molecule has 0 unspecified atom stereocenters. The van der Waals surface area contributed by atoms with Crippen LogP contribution in [-0.2, 0) is 14.8 Å². The number of amides is 1. The maximum absolute atomic E-state index is 13.3. The second-order valence-electron chi connectivity index (χ2n) is 8.96. The van der Waals surface area contributed by atoms with Crippen molar-refractivity contribution in [2.24, 2.45) is 5.92 Å². The number of piperazine rings is 1. The van der Waals surface area contributed by atoms with Crippen molar-refractivity contribution < 1.29 is 22.7 Å². The summed E-state index contributed by atoms with van der Waals surface area (Å²) in [7, 11) is -0.792. The number of carbonyl (C=O) groups is 1. The van der Waals surface area contributed by atoms with Gasteiger partial charge in [-0.25, -0.2) is 8.42 Å². The SMILES string of the molecule is COc1ccc(S(=O)(=O)N2CCC[C@H](C(=O)N3CCN(c4cc(Cl)ccc4C)CC3)C2)cc1OC. The van der Waals surface area contributed by atoms with Gasteiger partial charge < -0.3 is 19.3 Å². The van der Waals surface area contributed by atoms with E-state index < -0.39 is 10.0 Å². The molecule has 0 saturated carbocycles. The van der Waals surface area contributed by atoms with E-state index in [0.29, 0.717) is 62.1 Å². The Balaban J connectivity index is 1.42. The summed E-state index contributed by atoms with van der Waals surface area (Å²) in [6.07, 6.45) is 1.33. The molecule has 1 amide bonds. The first-order chi connectivity index (χ1) is 16.7. The number of hydrogen-bond donors (Lipinski definition) is 0. The van der Waals surface area contributed by atoms with Gasteiger partial charge in [0.2, 0.25) is 15.9 Å². The van der Waals surface area contributed by atoms with E-state index >= 15 is 0 Å². The van der Waals surface area contributed by atoms with E-state index in [4.69, 9.17) is 21.1 Å². The van der Waals surface area contributed by atoms with Crippen LogP contribution in [0, 0.1) is 12.8 Å². The number of methoxy groups -OCH3 is 2. The molecule has 2 fully saturated rings. The Hall–Kier alpha value is -2.49. The molecule has 2 heterocycles. The van der Waals surface area contributed by atoms with Crippen LogP contribution in [0.15, 0.2) is 41.3 Å². The third-order valence-corrected chi connectivity index (χ3v) is 8.93. The summed E-state index contributed by atoms with van der Waals surface area (Å²) in [6, 6.07) is 10.4. The number of ether oxygens (including phenoxy) is 2. The fourth-order valence-electron chi connectivity index (χ4n) is 4.84. The van der Waals surface area contributed by atoms with Crippen molar-refractivity contribution in [2.45, 2.75) is 24.7 Å². The monoisotopic (exact) mass is 521 g/mol. The summed E-state index contributed by atoms with van der Waals surface area (Å²) in [5.74, 6) is 0.495. The van der Waals surface area contributed by atoms with Gasteiger partial charge in [-0.2, -0.15) is 4.31 Å². The number of rotatable bonds is 6. The molecule has 2 aromatic carbocycles. The molecule has 0 N–H and O–H groups in total. The Bertz CT molecular complexity index is 1180. The lowest BCUT2D eigenvalue weighted by molar-refractivity contribution is -0.137. The highest BCUT2D eigenvalue weighted by atomic mass is 35.5. The van der Waals surface area contributed by atoms with Crippen molar-refractivity contribution >= 4 is 33.2 Å². The Morgan fingerprint density at radius 2 is 1.69 bits per heavy atom. The van der Waals surface area contributed by atoms with Crippen LogP contribution in [-0.4, -0.2) is 77.0 Å². The van der Waals surface area contributed by atoms with Crippen LogP contribution in [0.5, 0.6) is 11.5 Å². The van der Waals surface area contributed by atoms with Crippen molar-refractivity contribution in [3.8, 4) is 11.5 Å². The van der Waals surface area contributed by atoms with Crippen molar-refractivity contribution in [1.29, 1.82) is 0 Å². The molecular formula is C25H32ClN3O5S. The van der Waals surface area contributed by atoms with Crippen LogP contribution < -0.4 is 14.4 Å². The van der Waals surface area contributed by atoms with E-state index in [1.807, 2.05) is 23.1 Å². The molecule has 0 aliphatic carbocycles. The lowest BCUT2D eigenvalue weighted by atomic mass is 9.97.